The van der Waals surface area contributed by atoms with E-state index in [2.05, 4.69) is 13.8 Å². The summed E-state index contributed by atoms with van der Waals surface area (Å²) in [6.07, 6.45) is 3.94. The van der Waals surface area contributed by atoms with Gasteiger partial charge in [0.1, 0.15) is 0 Å². The van der Waals surface area contributed by atoms with Crippen molar-refractivity contribution in [1.82, 2.24) is 0 Å². The van der Waals surface area contributed by atoms with Crippen molar-refractivity contribution < 1.29 is 5.11 Å². The lowest BCUT2D eigenvalue weighted by Crippen LogP contribution is -2.30. The Labute approximate surface area is 125 Å². The van der Waals surface area contributed by atoms with Gasteiger partial charge in [0.05, 0.1) is 16.1 Å². The third-order valence-electron chi connectivity index (χ3n) is 4.19. The second kappa shape index (κ2) is 6.47. The molecule has 0 saturated heterocycles. The molecular formula is C16H22Cl2O. The van der Waals surface area contributed by atoms with Crippen LogP contribution in [0.3, 0.4) is 0 Å². The van der Waals surface area contributed by atoms with Gasteiger partial charge in [-0.05, 0) is 61.1 Å². The van der Waals surface area contributed by atoms with Gasteiger partial charge in [0.25, 0.3) is 0 Å². The molecular weight excluding hydrogens is 279 g/mol. The monoisotopic (exact) mass is 300 g/mol. The predicted molar refractivity (Wildman–Crippen MR) is 81.8 cm³/mol. The molecule has 0 heterocycles. The normalized spacial score (nSPS) is 29.2. The molecule has 1 aliphatic rings. The van der Waals surface area contributed by atoms with Crippen molar-refractivity contribution in [2.75, 3.05) is 0 Å². The molecule has 1 fully saturated rings. The van der Waals surface area contributed by atoms with Crippen molar-refractivity contribution >= 4 is 23.2 Å². The van der Waals surface area contributed by atoms with Gasteiger partial charge in [0.2, 0.25) is 0 Å². The summed E-state index contributed by atoms with van der Waals surface area (Å²) < 4.78 is 0. The van der Waals surface area contributed by atoms with E-state index in [1.807, 2.05) is 12.1 Å². The zero-order chi connectivity index (χ0) is 14.0. The highest BCUT2D eigenvalue weighted by Crippen LogP contribution is 2.35. The summed E-state index contributed by atoms with van der Waals surface area (Å²) in [7, 11) is 0. The Kier molecular flexibility index (Phi) is 5.16. The van der Waals surface area contributed by atoms with Crippen LogP contribution < -0.4 is 0 Å². The molecule has 0 spiro atoms. The number of aliphatic hydroxyl groups is 1. The molecule has 2 rings (SSSR count). The van der Waals surface area contributed by atoms with Gasteiger partial charge >= 0.3 is 0 Å². The van der Waals surface area contributed by atoms with E-state index in [-0.39, 0.29) is 6.10 Å². The fourth-order valence-electron chi connectivity index (χ4n) is 3.40. The minimum Gasteiger partial charge on any atom is -0.392 e. The van der Waals surface area contributed by atoms with Gasteiger partial charge in [-0.3, -0.25) is 0 Å². The van der Waals surface area contributed by atoms with Crippen LogP contribution in [-0.2, 0) is 6.42 Å². The maximum absolute atomic E-state index is 10.4. The number of hydrogen-bond acceptors (Lipinski definition) is 1. The number of hydrogen-bond donors (Lipinski definition) is 1. The third kappa shape index (κ3) is 4.11. The molecule has 3 atom stereocenters. The average molecular weight is 301 g/mol. The lowest BCUT2D eigenvalue weighted by atomic mass is 9.73. The Balaban J connectivity index is 1.99. The molecule has 0 amide bonds. The first-order chi connectivity index (χ1) is 8.95. The van der Waals surface area contributed by atoms with Gasteiger partial charge in [-0.15, -0.1) is 0 Å². The smallest absolute Gasteiger partial charge is 0.0608 e. The average Bonchev–Trinajstić information content (AvgIpc) is 2.32. The third-order valence-corrected chi connectivity index (χ3v) is 4.93. The maximum Gasteiger partial charge on any atom is 0.0608 e. The summed E-state index contributed by atoms with van der Waals surface area (Å²) >= 11 is 11.9. The highest BCUT2D eigenvalue weighted by molar-refractivity contribution is 6.42. The van der Waals surface area contributed by atoms with Gasteiger partial charge in [0.15, 0.2) is 0 Å². The fourth-order valence-corrected chi connectivity index (χ4v) is 3.72. The van der Waals surface area contributed by atoms with E-state index in [0.717, 1.165) is 30.2 Å². The van der Waals surface area contributed by atoms with Gasteiger partial charge < -0.3 is 5.11 Å². The van der Waals surface area contributed by atoms with E-state index in [1.54, 1.807) is 6.07 Å². The van der Waals surface area contributed by atoms with E-state index in [4.69, 9.17) is 23.2 Å². The summed E-state index contributed by atoms with van der Waals surface area (Å²) in [5.74, 6) is 1.85. The van der Waals surface area contributed by atoms with Crippen LogP contribution in [0.1, 0.15) is 38.7 Å². The molecule has 106 valence electrons. The molecule has 1 aromatic rings. The fraction of sp³-hybridized carbons (Fsp3) is 0.625. The summed E-state index contributed by atoms with van der Waals surface area (Å²) in [4.78, 5) is 0. The van der Waals surface area contributed by atoms with Crippen LogP contribution in [0, 0.1) is 17.8 Å². The molecule has 3 unspecified atom stereocenters. The van der Waals surface area contributed by atoms with Crippen LogP contribution in [0.25, 0.3) is 0 Å². The van der Waals surface area contributed by atoms with Crippen LogP contribution in [0.2, 0.25) is 10.0 Å². The van der Waals surface area contributed by atoms with Gasteiger partial charge in [-0.25, -0.2) is 0 Å². The number of rotatable bonds is 3. The van der Waals surface area contributed by atoms with E-state index < -0.39 is 0 Å². The first-order valence-corrected chi connectivity index (χ1v) is 7.83. The van der Waals surface area contributed by atoms with E-state index in [0.29, 0.717) is 22.4 Å². The quantitative estimate of drug-likeness (QED) is 0.835. The summed E-state index contributed by atoms with van der Waals surface area (Å²) in [6, 6.07) is 5.62. The molecule has 0 radical (unpaired) electrons. The van der Waals surface area contributed by atoms with Crippen LogP contribution >= 0.6 is 23.2 Å². The molecule has 1 nitrogen and oxygen atoms in total. The minimum atomic E-state index is -0.276. The van der Waals surface area contributed by atoms with Gasteiger partial charge in [-0.2, -0.15) is 0 Å². The highest BCUT2D eigenvalue weighted by atomic mass is 35.5. The Morgan fingerprint density at radius 3 is 2.32 bits per heavy atom. The largest absolute Gasteiger partial charge is 0.392 e. The molecule has 1 saturated carbocycles. The second-order valence-corrected chi connectivity index (χ2v) is 7.01. The molecule has 0 aromatic heterocycles. The first-order valence-electron chi connectivity index (χ1n) is 7.07. The Hall–Kier alpha value is -0.240. The van der Waals surface area contributed by atoms with Crippen LogP contribution in [0.4, 0.5) is 0 Å². The molecule has 1 N–H and O–H groups in total. The predicted octanol–water partition coefficient (Wildman–Crippen LogP) is 4.97. The molecule has 0 bridgehead atoms. The van der Waals surface area contributed by atoms with Crippen molar-refractivity contribution in [3.05, 3.63) is 33.8 Å². The summed E-state index contributed by atoms with van der Waals surface area (Å²) in [6.45, 7) is 4.57. The standard InChI is InChI=1S/C16H22Cl2O/c1-10-5-11(2)7-13(6-10)16(19)9-12-3-4-14(17)15(18)8-12/h3-4,8,10-11,13,16,19H,5-7,9H2,1-2H3. The second-order valence-electron chi connectivity index (χ2n) is 6.20. The Morgan fingerprint density at radius 1 is 1.11 bits per heavy atom. The Morgan fingerprint density at radius 2 is 1.74 bits per heavy atom. The number of halogens is 2. The minimum absolute atomic E-state index is 0.276. The van der Waals surface area contributed by atoms with Crippen molar-refractivity contribution in [2.45, 2.75) is 45.6 Å². The van der Waals surface area contributed by atoms with Crippen molar-refractivity contribution in [1.29, 1.82) is 0 Å². The first kappa shape index (κ1) is 15.2. The zero-order valence-corrected chi connectivity index (χ0v) is 13.1. The lowest BCUT2D eigenvalue weighted by molar-refractivity contribution is 0.0561. The van der Waals surface area contributed by atoms with Crippen LogP contribution in [0.5, 0.6) is 0 Å². The number of benzene rings is 1. The van der Waals surface area contributed by atoms with Crippen LogP contribution in [0.15, 0.2) is 18.2 Å². The van der Waals surface area contributed by atoms with Gasteiger partial charge in [0, 0.05) is 0 Å². The molecule has 1 aromatic carbocycles. The van der Waals surface area contributed by atoms with Crippen molar-refractivity contribution in [2.24, 2.45) is 17.8 Å². The summed E-state index contributed by atoms with van der Waals surface area (Å²) in [5, 5.41) is 11.6. The Bertz CT molecular complexity index is 423. The van der Waals surface area contributed by atoms with Crippen LogP contribution in [-0.4, -0.2) is 11.2 Å². The lowest BCUT2D eigenvalue weighted by Gasteiger charge is -2.34. The zero-order valence-electron chi connectivity index (χ0n) is 11.6. The van der Waals surface area contributed by atoms with E-state index in [1.165, 1.54) is 6.42 Å². The molecule has 19 heavy (non-hydrogen) atoms. The number of aliphatic hydroxyl groups excluding tert-OH is 1. The van der Waals surface area contributed by atoms with Crippen molar-refractivity contribution in [3.63, 3.8) is 0 Å². The molecule has 1 aliphatic carbocycles. The topological polar surface area (TPSA) is 20.2 Å². The van der Waals surface area contributed by atoms with E-state index >= 15 is 0 Å². The summed E-state index contributed by atoms with van der Waals surface area (Å²) in [5.41, 5.74) is 1.06. The molecule has 0 aliphatic heterocycles. The van der Waals surface area contributed by atoms with Gasteiger partial charge in [-0.1, -0.05) is 43.1 Å². The highest BCUT2D eigenvalue weighted by Gasteiger charge is 2.29. The van der Waals surface area contributed by atoms with Crippen molar-refractivity contribution in [3.8, 4) is 0 Å². The van der Waals surface area contributed by atoms with E-state index in [9.17, 15) is 5.11 Å². The molecule has 3 heteroatoms. The SMILES string of the molecule is CC1CC(C)CC(C(O)Cc2ccc(Cl)c(Cl)c2)C1. The maximum atomic E-state index is 10.4.